The lowest BCUT2D eigenvalue weighted by atomic mass is 9.76. The second-order valence-corrected chi connectivity index (χ2v) is 28.6. The molecular weight excluding hydrogens is 965 g/mol. The summed E-state index contributed by atoms with van der Waals surface area (Å²) in [6, 6.07) is 0.932. The molecule has 5 N–H and O–H groups in total. The van der Waals surface area contributed by atoms with Gasteiger partial charge in [0, 0.05) is 97.7 Å². The van der Waals surface area contributed by atoms with Crippen molar-refractivity contribution in [3.63, 3.8) is 0 Å². The number of anilines is 2. The Labute approximate surface area is 481 Å². The Balaban J connectivity index is 1.74. The molecule has 3 saturated heterocycles. The second-order valence-electron chi connectivity index (χ2n) is 28.6. The number of aromatic nitrogens is 3. The fourth-order valence-electron chi connectivity index (χ4n) is 14.8. The molecule has 1 aromatic rings. The molecule has 0 unspecified atom stereocenters. The van der Waals surface area contributed by atoms with Crippen molar-refractivity contribution in [2.45, 2.75) is 330 Å². The Morgan fingerprint density at radius 3 is 1.15 bits per heavy atom. The number of hydrogen-bond acceptors (Lipinski definition) is 10. The lowest BCUT2D eigenvalue weighted by Gasteiger charge is -2.54. The van der Waals surface area contributed by atoms with Gasteiger partial charge in [-0.15, -0.1) is 0 Å². The molecule has 78 heavy (non-hydrogen) atoms. The van der Waals surface area contributed by atoms with Crippen molar-refractivity contribution < 1.29 is 0 Å². The molecule has 3 fully saturated rings. The maximum Gasteiger partial charge on any atom is 0.230 e. The van der Waals surface area contributed by atoms with E-state index < -0.39 is 0 Å². The van der Waals surface area contributed by atoms with Gasteiger partial charge in [-0.2, -0.15) is 19.9 Å². The number of rotatable bonds is 31. The SMILES string of the molecule is CCCCN(CCCC)c1nc(N(CCCC)CCCC)nc(C(CC)(CC)N(CCCCCCN(C(N=C(N)N(CCCC)C2CC(C)(C)NC(C)(C)C2)=NC)C2CC(C)(C)NC(C)(C)C2)C2CC(C)(C)NC(C)(C)C2)n1. The summed E-state index contributed by atoms with van der Waals surface area (Å²) < 4.78 is 0. The van der Waals surface area contributed by atoms with Gasteiger partial charge in [0.25, 0.3) is 0 Å². The number of aliphatic imine (C=N–C) groups is 2. The largest absolute Gasteiger partial charge is 0.369 e. The highest BCUT2D eigenvalue weighted by Crippen LogP contribution is 2.43. The first-order chi connectivity index (χ1) is 36.6. The van der Waals surface area contributed by atoms with Crippen molar-refractivity contribution >= 4 is 23.8 Å². The monoisotopic (exact) mass is 1090 g/mol. The van der Waals surface area contributed by atoms with Crippen LogP contribution in [-0.4, -0.2) is 146 Å². The first-order valence-corrected chi connectivity index (χ1v) is 32.3. The smallest absolute Gasteiger partial charge is 0.230 e. The molecule has 0 amide bonds. The molecule has 1 aromatic heterocycles. The molecule has 0 atom stereocenters. The van der Waals surface area contributed by atoms with Crippen LogP contribution in [0.3, 0.4) is 0 Å². The van der Waals surface area contributed by atoms with Gasteiger partial charge in [0.2, 0.25) is 17.9 Å². The van der Waals surface area contributed by atoms with Crippen LogP contribution in [0.1, 0.15) is 279 Å². The number of nitrogens with zero attached hydrogens (tertiary/aromatic N) is 10. The van der Waals surface area contributed by atoms with E-state index in [-0.39, 0.29) is 44.8 Å². The highest BCUT2D eigenvalue weighted by atomic mass is 15.4. The van der Waals surface area contributed by atoms with Crippen molar-refractivity contribution in [2.75, 3.05) is 62.7 Å². The lowest BCUT2D eigenvalue weighted by molar-refractivity contribution is -0.0248. The zero-order valence-corrected chi connectivity index (χ0v) is 54.8. The van der Waals surface area contributed by atoms with E-state index in [1.165, 1.54) is 0 Å². The van der Waals surface area contributed by atoms with Gasteiger partial charge in [0.15, 0.2) is 11.8 Å². The summed E-state index contributed by atoms with van der Waals surface area (Å²) in [7, 11) is 1.93. The van der Waals surface area contributed by atoms with Crippen molar-refractivity contribution in [3.05, 3.63) is 5.82 Å². The van der Waals surface area contributed by atoms with Gasteiger partial charge in [0.05, 0.1) is 5.54 Å². The molecule has 0 radical (unpaired) electrons. The Morgan fingerprint density at radius 1 is 0.462 bits per heavy atom. The fourth-order valence-corrected chi connectivity index (χ4v) is 14.8. The molecule has 0 aromatic carbocycles. The topological polar surface area (TPSA) is 142 Å². The molecule has 0 saturated carbocycles. The summed E-state index contributed by atoms with van der Waals surface area (Å²) in [5.74, 6) is 4.13. The molecule has 0 spiro atoms. The summed E-state index contributed by atoms with van der Waals surface area (Å²) in [6.07, 6.45) is 23.8. The molecule has 14 heteroatoms. The van der Waals surface area contributed by atoms with E-state index >= 15 is 0 Å². The van der Waals surface area contributed by atoms with Crippen molar-refractivity contribution in [1.82, 2.24) is 45.6 Å². The minimum Gasteiger partial charge on any atom is -0.369 e. The fraction of sp³-hybridized carbons (Fsp3) is 0.922. The number of piperidine rings is 3. The lowest BCUT2D eigenvalue weighted by Crippen LogP contribution is -2.65. The van der Waals surface area contributed by atoms with Gasteiger partial charge in [-0.3, -0.25) is 9.89 Å². The number of nitrogens with two attached hydrogens (primary N) is 1. The minimum atomic E-state index is -0.358. The van der Waals surface area contributed by atoms with E-state index in [0.29, 0.717) is 18.0 Å². The standard InChI is InChI=1S/C64H126N14/c1-21-28-37-74(38-29-22-2)56-67-53(68-57(70-56)75(39-30-23-3)40-31-24-4)64(26-6,27-7)78(52-48-62(16,17)73-63(18,19)49-52)43-36-34-33-35-42-77(51-46-60(12,13)72-61(14,15)47-51)55(66-20)69-54(65)76(41-32-25-5)50-44-58(8,9)71-59(10,11)45-50/h50-52,71-73H,21-49H2,1-20H3,(H2,65,66,69). The Bertz CT molecular complexity index is 1870. The van der Waals surface area contributed by atoms with E-state index in [2.05, 4.69) is 172 Å². The third-order valence-corrected chi connectivity index (χ3v) is 17.5. The van der Waals surface area contributed by atoms with Crippen LogP contribution < -0.4 is 31.5 Å². The van der Waals surface area contributed by atoms with Gasteiger partial charge in [-0.25, -0.2) is 0 Å². The molecule has 4 rings (SSSR count). The number of nitrogens with one attached hydrogen (secondary N) is 3. The van der Waals surface area contributed by atoms with Crippen LogP contribution in [-0.2, 0) is 5.54 Å². The van der Waals surface area contributed by atoms with Crippen LogP contribution in [0.2, 0.25) is 0 Å². The summed E-state index contributed by atoms with van der Waals surface area (Å²) >= 11 is 0. The second kappa shape index (κ2) is 30.0. The predicted molar refractivity (Wildman–Crippen MR) is 338 cm³/mol. The van der Waals surface area contributed by atoms with Crippen molar-refractivity contribution in [2.24, 2.45) is 15.7 Å². The van der Waals surface area contributed by atoms with E-state index in [4.69, 9.17) is 30.7 Å². The van der Waals surface area contributed by atoms with E-state index in [9.17, 15) is 0 Å². The molecule has 14 nitrogen and oxygen atoms in total. The Morgan fingerprint density at radius 2 is 0.795 bits per heavy atom. The van der Waals surface area contributed by atoms with Crippen LogP contribution in [0.4, 0.5) is 11.9 Å². The molecule has 0 bridgehead atoms. The van der Waals surface area contributed by atoms with E-state index in [1.54, 1.807) is 0 Å². The zero-order valence-electron chi connectivity index (χ0n) is 54.8. The normalized spacial score (nSPS) is 20.8. The van der Waals surface area contributed by atoms with Gasteiger partial charge < -0.3 is 41.3 Å². The number of guanidine groups is 2. The van der Waals surface area contributed by atoms with Crippen molar-refractivity contribution in [3.8, 4) is 0 Å². The molecule has 452 valence electrons. The average Bonchev–Trinajstić information content (AvgIpc) is 3.39. The Kier molecular flexibility index (Phi) is 26.0. The maximum atomic E-state index is 7.27. The van der Waals surface area contributed by atoms with Crippen LogP contribution in [0, 0.1) is 0 Å². The van der Waals surface area contributed by atoms with Crippen LogP contribution in [0.25, 0.3) is 0 Å². The molecule has 4 heterocycles. The van der Waals surface area contributed by atoms with E-state index in [1.807, 2.05) is 7.05 Å². The van der Waals surface area contributed by atoms with Gasteiger partial charge in [-0.1, -0.05) is 93.4 Å². The van der Waals surface area contributed by atoms with Gasteiger partial charge in [0.1, 0.15) is 0 Å². The molecule has 3 aliphatic rings. The van der Waals surface area contributed by atoms with Crippen molar-refractivity contribution in [1.29, 1.82) is 0 Å². The van der Waals surface area contributed by atoms with Gasteiger partial charge in [-0.05, 0) is 186 Å². The van der Waals surface area contributed by atoms with Crippen LogP contribution >= 0.6 is 0 Å². The summed E-state index contributed by atoms with van der Waals surface area (Å²) in [6.45, 7) is 51.4. The highest BCUT2D eigenvalue weighted by Gasteiger charge is 2.48. The highest BCUT2D eigenvalue weighted by molar-refractivity contribution is 5.94. The summed E-state index contributed by atoms with van der Waals surface area (Å²) in [5.41, 5.74) is 6.82. The predicted octanol–water partition coefficient (Wildman–Crippen LogP) is 13.2. The summed E-state index contributed by atoms with van der Waals surface area (Å²) in [4.78, 5) is 40.2. The van der Waals surface area contributed by atoms with Crippen LogP contribution in [0.15, 0.2) is 9.98 Å². The summed E-state index contributed by atoms with van der Waals surface area (Å²) in [5, 5.41) is 11.9. The molecule has 0 aliphatic carbocycles. The maximum absolute atomic E-state index is 7.27. The van der Waals surface area contributed by atoms with Crippen LogP contribution in [0.5, 0.6) is 0 Å². The quantitative estimate of drug-likeness (QED) is 0.0319. The third-order valence-electron chi connectivity index (χ3n) is 17.5. The first-order valence-electron chi connectivity index (χ1n) is 32.3. The van der Waals surface area contributed by atoms with Gasteiger partial charge >= 0.3 is 0 Å². The molecule has 3 aliphatic heterocycles. The first kappa shape index (κ1) is 67.7. The Hall–Kier alpha value is -2.81. The number of hydrogen-bond donors (Lipinski definition) is 4. The third kappa shape index (κ3) is 20.0. The van der Waals surface area contributed by atoms with E-state index in [0.717, 1.165) is 211 Å². The average molecular weight is 1090 g/mol. The number of unbranched alkanes of at least 4 members (excludes halogenated alkanes) is 8. The molecular formula is C64H126N14. The zero-order chi connectivity index (χ0) is 58.2. The minimum absolute atomic E-state index is 0.00308.